The number of nitrogens with zero attached hydrogens (tertiary/aromatic N) is 1. The first-order valence-corrected chi connectivity index (χ1v) is 10.9. The van der Waals surface area contributed by atoms with E-state index in [1.54, 1.807) is 18.9 Å². The van der Waals surface area contributed by atoms with Crippen LogP contribution < -0.4 is 4.74 Å². The van der Waals surface area contributed by atoms with Gasteiger partial charge in [0.05, 0.1) is 18.2 Å². The van der Waals surface area contributed by atoms with Crippen LogP contribution in [0.3, 0.4) is 0 Å². The molecule has 3 nitrogen and oxygen atoms in total. The van der Waals surface area contributed by atoms with Crippen LogP contribution in [-0.4, -0.2) is 36.3 Å². The molecule has 0 radical (unpaired) electrons. The molecule has 0 spiro atoms. The Bertz CT molecular complexity index is 759. The molecule has 0 amide bonds. The second kappa shape index (κ2) is 9.47. The number of methoxy groups -OCH3 is 1. The second-order valence-corrected chi connectivity index (χ2v) is 8.81. The van der Waals surface area contributed by atoms with Crippen LogP contribution in [0.4, 0.5) is 0 Å². The molecular weight excluding hydrogens is 434 g/mol. The zero-order valence-corrected chi connectivity index (χ0v) is 17.9. The number of hydrogen-bond donors (Lipinski definition) is 1. The van der Waals surface area contributed by atoms with Crippen LogP contribution in [0.1, 0.15) is 24.0 Å². The van der Waals surface area contributed by atoms with E-state index in [0.29, 0.717) is 0 Å². The van der Waals surface area contributed by atoms with Crippen molar-refractivity contribution >= 4 is 39.3 Å². The highest BCUT2D eigenvalue weighted by atomic mass is 79.9. The number of halogens is 2. The topological polar surface area (TPSA) is 32.7 Å². The summed E-state index contributed by atoms with van der Waals surface area (Å²) in [6.45, 7) is 2.57. The van der Waals surface area contributed by atoms with Gasteiger partial charge in [-0.3, -0.25) is 4.90 Å². The van der Waals surface area contributed by atoms with Crippen molar-refractivity contribution in [2.24, 2.45) is 0 Å². The fourth-order valence-electron chi connectivity index (χ4n) is 3.27. The van der Waals surface area contributed by atoms with Gasteiger partial charge >= 0.3 is 0 Å². The Balaban J connectivity index is 1.76. The molecule has 0 saturated carbocycles. The smallest absolute Gasteiger partial charge is 0.122 e. The Morgan fingerprint density at radius 1 is 1.31 bits per heavy atom. The summed E-state index contributed by atoms with van der Waals surface area (Å²) in [6, 6.07) is 12.1. The third-order valence-electron chi connectivity index (χ3n) is 4.54. The van der Waals surface area contributed by atoms with E-state index in [1.165, 1.54) is 5.56 Å². The van der Waals surface area contributed by atoms with Crippen molar-refractivity contribution < 1.29 is 9.84 Å². The summed E-state index contributed by atoms with van der Waals surface area (Å²) in [5.74, 6) is 1.66. The van der Waals surface area contributed by atoms with Crippen LogP contribution in [-0.2, 0) is 12.3 Å². The molecule has 0 aliphatic carbocycles. The molecular formula is C20H23BrClNO2S. The molecule has 3 rings (SSSR count). The molecule has 0 bridgehead atoms. The molecule has 1 aliphatic heterocycles. The summed E-state index contributed by atoms with van der Waals surface area (Å²) < 4.78 is 6.52. The number of piperidine rings is 1. The lowest BCUT2D eigenvalue weighted by atomic mass is 10.1. The first kappa shape index (κ1) is 20.0. The molecule has 140 valence electrons. The number of aliphatic hydroxyl groups excluding tert-OH is 1. The van der Waals surface area contributed by atoms with E-state index in [2.05, 4.69) is 33.0 Å². The largest absolute Gasteiger partial charge is 0.496 e. The van der Waals surface area contributed by atoms with E-state index in [4.69, 9.17) is 16.3 Å². The third-order valence-corrected chi connectivity index (χ3v) is 6.68. The van der Waals surface area contributed by atoms with Crippen molar-refractivity contribution in [3.63, 3.8) is 0 Å². The number of likely N-dealkylation sites (tertiary alicyclic amines) is 1. The number of hydrogen-bond acceptors (Lipinski definition) is 4. The van der Waals surface area contributed by atoms with Gasteiger partial charge < -0.3 is 9.84 Å². The number of aliphatic hydroxyl groups is 1. The fraction of sp³-hybridized carbons (Fsp3) is 0.400. The standard InChI is InChI=1S/C20H23BrClNO2S/c1-25-19-8-7-16(21)10-15(19)13-26-20-14(4-2-6-18(20)22)11-23-9-3-5-17(24)12-23/h2,4,6-8,10,17,24H,3,5,9,11-13H2,1H3. The molecule has 1 atom stereocenters. The van der Waals surface area contributed by atoms with E-state index in [9.17, 15) is 5.11 Å². The zero-order chi connectivity index (χ0) is 18.5. The third kappa shape index (κ3) is 5.17. The first-order chi connectivity index (χ1) is 12.6. The SMILES string of the molecule is COc1ccc(Br)cc1CSc1c(Cl)cccc1CN1CCCC(O)C1. The number of rotatable bonds is 6. The molecule has 26 heavy (non-hydrogen) atoms. The van der Waals surface area contributed by atoms with Gasteiger partial charge in [-0.2, -0.15) is 0 Å². The van der Waals surface area contributed by atoms with Crippen LogP contribution in [0, 0.1) is 0 Å². The first-order valence-electron chi connectivity index (χ1n) is 8.70. The van der Waals surface area contributed by atoms with Gasteiger partial charge in [0.1, 0.15) is 5.75 Å². The van der Waals surface area contributed by atoms with E-state index in [-0.39, 0.29) is 6.10 Å². The number of benzene rings is 2. The van der Waals surface area contributed by atoms with Gasteiger partial charge in [0.15, 0.2) is 0 Å². The predicted molar refractivity (Wildman–Crippen MR) is 112 cm³/mol. The highest BCUT2D eigenvalue weighted by Crippen LogP contribution is 2.36. The quantitative estimate of drug-likeness (QED) is 0.593. The van der Waals surface area contributed by atoms with Gasteiger partial charge in [0.25, 0.3) is 0 Å². The normalized spacial score (nSPS) is 18.1. The molecule has 1 heterocycles. The van der Waals surface area contributed by atoms with Gasteiger partial charge in [-0.25, -0.2) is 0 Å². The fourth-order valence-corrected chi connectivity index (χ4v) is 5.08. The lowest BCUT2D eigenvalue weighted by Crippen LogP contribution is -2.37. The molecule has 1 unspecified atom stereocenters. The highest BCUT2D eigenvalue weighted by Gasteiger charge is 2.19. The molecule has 2 aromatic carbocycles. The Labute approximate surface area is 172 Å². The molecule has 2 aromatic rings. The van der Waals surface area contributed by atoms with Crippen molar-refractivity contribution in [1.29, 1.82) is 0 Å². The zero-order valence-electron chi connectivity index (χ0n) is 14.8. The summed E-state index contributed by atoms with van der Waals surface area (Å²) in [4.78, 5) is 3.42. The Morgan fingerprint density at radius 2 is 2.15 bits per heavy atom. The van der Waals surface area contributed by atoms with Crippen molar-refractivity contribution in [3.8, 4) is 5.75 Å². The van der Waals surface area contributed by atoms with Crippen LogP contribution in [0.5, 0.6) is 5.75 Å². The van der Waals surface area contributed by atoms with Crippen molar-refractivity contribution in [2.75, 3.05) is 20.2 Å². The lowest BCUT2D eigenvalue weighted by Gasteiger charge is -2.30. The maximum Gasteiger partial charge on any atom is 0.122 e. The molecule has 1 saturated heterocycles. The monoisotopic (exact) mass is 455 g/mol. The van der Waals surface area contributed by atoms with Crippen LogP contribution in [0.15, 0.2) is 45.8 Å². The van der Waals surface area contributed by atoms with Gasteiger partial charge in [-0.05, 0) is 49.2 Å². The second-order valence-electron chi connectivity index (χ2n) is 6.50. The van der Waals surface area contributed by atoms with Crippen molar-refractivity contribution in [1.82, 2.24) is 4.90 Å². The Kier molecular flexibility index (Phi) is 7.29. The van der Waals surface area contributed by atoms with Crippen LogP contribution in [0.2, 0.25) is 5.02 Å². The van der Waals surface area contributed by atoms with Gasteiger partial charge in [0, 0.05) is 33.8 Å². The average Bonchev–Trinajstić information content (AvgIpc) is 2.61. The average molecular weight is 457 g/mol. The molecule has 0 aromatic heterocycles. The predicted octanol–water partition coefficient (Wildman–Crippen LogP) is 5.36. The van der Waals surface area contributed by atoms with Crippen LogP contribution in [0.25, 0.3) is 0 Å². The number of β-amino-alcohol motifs (C(OH)–C–C–N with tert-alkyl or cyclic N) is 1. The minimum atomic E-state index is -0.218. The van der Waals surface area contributed by atoms with E-state index in [0.717, 1.165) is 63.9 Å². The van der Waals surface area contributed by atoms with Crippen molar-refractivity contribution in [3.05, 3.63) is 57.0 Å². The molecule has 1 fully saturated rings. The summed E-state index contributed by atoms with van der Waals surface area (Å²) >= 11 is 11.8. The minimum absolute atomic E-state index is 0.218. The number of ether oxygens (including phenoxy) is 1. The van der Waals surface area contributed by atoms with Crippen LogP contribution >= 0.6 is 39.3 Å². The highest BCUT2D eigenvalue weighted by molar-refractivity contribution is 9.10. The van der Waals surface area contributed by atoms with Crippen molar-refractivity contribution in [2.45, 2.75) is 36.1 Å². The summed E-state index contributed by atoms with van der Waals surface area (Å²) in [7, 11) is 1.69. The Morgan fingerprint density at radius 3 is 2.92 bits per heavy atom. The Hall–Kier alpha value is -0.720. The van der Waals surface area contributed by atoms with E-state index in [1.807, 2.05) is 24.3 Å². The van der Waals surface area contributed by atoms with Gasteiger partial charge in [0.2, 0.25) is 0 Å². The molecule has 1 aliphatic rings. The summed E-state index contributed by atoms with van der Waals surface area (Å²) in [5, 5.41) is 10.7. The van der Waals surface area contributed by atoms with E-state index < -0.39 is 0 Å². The van der Waals surface area contributed by atoms with Gasteiger partial charge in [-0.1, -0.05) is 39.7 Å². The maximum absolute atomic E-state index is 9.93. The summed E-state index contributed by atoms with van der Waals surface area (Å²) in [6.07, 6.45) is 1.72. The molecule has 1 N–H and O–H groups in total. The van der Waals surface area contributed by atoms with Gasteiger partial charge in [-0.15, -0.1) is 11.8 Å². The lowest BCUT2D eigenvalue weighted by molar-refractivity contribution is 0.0665. The van der Waals surface area contributed by atoms with E-state index >= 15 is 0 Å². The minimum Gasteiger partial charge on any atom is -0.496 e. The summed E-state index contributed by atoms with van der Waals surface area (Å²) in [5.41, 5.74) is 2.34. The number of thioether (sulfide) groups is 1. The maximum atomic E-state index is 9.93. The molecule has 6 heteroatoms.